The number of rotatable bonds is 6. The van der Waals surface area contributed by atoms with Gasteiger partial charge in [-0.3, -0.25) is 5.10 Å². The Labute approximate surface area is 160 Å². The molecule has 0 aliphatic rings. The minimum absolute atomic E-state index is 0. The van der Waals surface area contributed by atoms with Crippen LogP contribution in [0.15, 0.2) is 48.8 Å². The number of halogens is 1. The number of nitrogens with one attached hydrogen (secondary N) is 2. The molecule has 2 aromatic heterocycles. The van der Waals surface area contributed by atoms with Crippen molar-refractivity contribution in [2.45, 2.75) is 20.3 Å². The van der Waals surface area contributed by atoms with Crippen LogP contribution in [0.3, 0.4) is 0 Å². The normalized spacial score (nSPS) is 11.6. The summed E-state index contributed by atoms with van der Waals surface area (Å²) in [4.78, 5) is 4.41. The van der Waals surface area contributed by atoms with E-state index < -0.39 is 0 Å². The summed E-state index contributed by atoms with van der Waals surface area (Å²) in [6.45, 7) is 5.34. The average molecular weight is 375 g/mol. The highest BCUT2D eigenvalue weighted by molar-refractivity contribution is 7.59. The summed E-state index contributed by atoms with van der Waals surface area (Å²) >= 11 is 5.98. The molecule has 2 N–H and O–H groups in total. The Balaban J connectivity index is 0.00000225. The van der Waals surface area contributed by atoms with Crippen molar-refractivity contribution in [3.8, 4) is 22.4 Å². The highest BCUT2D eigenvalue weighted by Crippen LogP contribution is 2.31. The van der Waals surface area contributed by atoms with Crippen LogP contribution in [0.5, 0.6) is 0 Å². The summed E-state index contributed by atoms with van der Waals surface area (Å²) in [5.74, 6) is 1.50. The Morgan fingerprint density at radius 2 is 1.92 bits per heavy atom. The second kappa shape index (κ2) is 8.92. The minimum Gasteiger partial charge on any atom is -0.370 e. The first-order valence-corrected chi connectivity index (χ1v) is 8.54. The van der Waals surface area contributed by atoms with Crippen molar-refractivity contribution in [2.75, 3.05) is 11.9 Å². The molecule has 0 radical (unpaired) electrons. The largest absolute Gasteiger partial charge is 0.370 e. The van der Waals surface area contributed by atoms with Crippen molar-refractivity contribution < 1.29 is 0 Å². The Morgan fingerprint density at radius 1 is 1.16 bits per heavy atom. The van der Waals surface area contributed by atoms with E-state index in [9.17, 15) is 0 Å². The van der Waals surface area contributed by atoms with Gasteiger partial charge in [0.15, 0.2) is 0 Å². The minimum atomic E-state index is 0. The number of anilines is 1. The van der Waals surface area contributed by atoms with Gasteiger partial charge in [0, 0.05) is 28.9 Å². The molecule has 0 spiro atoms. The molecule has 3 rings (SSSR count). The molecule has 0 amide bonds. The molecule has 25 heavy (non-hydrogen) atoms. The van der Waals surface area contributed by atoms with Gasteiger partial charge in [-0.05, 0) is 35.7 Å². The second-order valence-corrected chi connectivity index (χ2v) is 6.43. The van der Waals surface area contributed by atoms with Crippen molar-refractivity contribution in [2.24, 2.45) is 5.92 Å². The van der Waals surface area contributed by atoms with Gasteiger partial charge in [-0.1, -0.05) is 44.0 Å². The van der Waals surface area contributed by atoms with Crippen LogP contribution in [0.1, 0.15) is 20.3 Å². The van der Waals surface area contributed by atoms with Crippen molar-refractivity contribution in [1.29, 1.82) is 0 Å². The lowest BCUT2D eigenvalue weighted by molar-refractivity contribution is 0.592. The van der Waals surface area contributed by atoms with Gasteiger partial charge in [0.2, 0.25) is 0 Å². The van der Waals surface area contributed by atoms with Crippen LogP contribution in [-0.2, 0) is 0 Å². The molecule has 1 atom stereocenters. The van der Waals surface area contributed by atoms with Crippen molar-refractivity contribution in [3.05, 3.63) is 53.8 Å². The van der Waals surface area contributed by atoms with Crippen LogP contribution in [0.25, 0.3) is 22.4 Å². The molecule has 0 fully saturated rings. The molecule has 2 heterocycles. The second-order valence-electron chi connectivity index (χ2n) is 5.99. The van der Waals surface area contributed by atoms with Gasteiger partial charge in [0.25, 0.3) is 0 Å². The number of pyridine rings is 1. The Bertz CT molecular complexity index is 801. The van der Waals surface area contributed by atoms with Crippen molar-refractivity contribution in [3.63, 3.8) is 0 Å². The molecule has 132 valence electrons. The van der Waals surface area contributed by atoms with Crippen LogP contribution in [0.2, 0.25) is 5.02 Å². The molecule has 3 aromatic rings. The predicted molar refractivity (Wildman–Crippen MR) is 111 cm³/mol. The highest BCUT2D eigenvalue weighted by atomic mass is 35.5. The molecule has 0 saturated carbocycles. The maximum atomic E-state index is 5.98. The fraction of sp³-hybridized carbons (Fsp3) is 0.263. The maximum Gasteiger partial charge on any atom is 0.126 e. The summed E-state index contributed by atoms with van der Waals surface area (Å²) in [5.41, 5.74) is 4.16. The Kier molecular flexibility index (Phi) is 6.91. The number of benzene rings is 1. The number of aromatic nitrogens is 3. The van der Waals surface area contributed by atoms with E-state index in [1.807, 2.05) is 42.7 Å². The van der Waals surface area contributed by atoms with Gasteiger partial charge in [-0.25, -0.2) is 4.98 Å². The van der Waals surface area contributed by atoms with Gasteiger partial charge in [-0.15, -0.1) is 0 Å². The van der Waals surface area contributed by atoms with E-state index in [2.05, 4.69) is 40.4 Å². The van der Waals surface area contributed by atoms with Gasteiger partial charge in [0.05, 0.1) is 11.9 Å². The zero-order valence-electron chi connectivity index (χ0n) is 14.4. The number of hydrogen-bond acceptors (Lipinski definition) is 3. The van der Waals surface area contributed by atoms with E-state index in [1.165, 1.54) is 0 Å². The Morgan fingerprint density at radius 3 is 2.64 bits per heavy atom. The highest BCUT2D eigenvalue weighted by Gasteiger charge is 2.11. The molecule has 0 aliphatic heterocycles. The lowest BCUT2D eigenvalue weighted by Gasteiger charge is -2.11. The first-order valence-electron chi connectivity index (χ1n) is 8.17. The zero-order chi connectivity index (χ0) is 16.9. The Hall–Kier alpha value is -1.98. The molecule has 0 bridgehead atoms. The SMILES string of the molecule is CCC(C)CNc1cc(-c2cn[nH]c2-c2ccc(Cl)cc2)ccn1.S. The molecule has 4 nitrogen and oxygen atoms in total. The number of hydrogen-bond donors (Lipinski definition) is 2. The zero-order valence-corrected chi connectivity index (χ0v) is 16.1. The number of nitrogens with zero attached hydrogens (tertiary/aromatic N) is 2. The van der Waals surface area contributed by atoms with Gasteiger partial charge in [-0.2, -0.15) is 18.6 Å². The van der Waals surface area contributed by atoms with E-state index in [0.717, 1.165) is 46.2 Å². The number of H-pyrrole nitrogens is 1. The van der Waals surface area contributed by atoms with Crippen molar-refractivity contribution >= 4 is 30.9 Å². The molecule has 1 unspecified atom stereocenters. The third kappa shape index (κ3) is 4.77. The summed E-state index contributed by atoms with van der Waals surface area (Å²) in [6.07, 6.45) is 4.82. The smallest absolute Gasteiger partial charge is 0.126 e. The van der Waals surface area contributed by atoms with E-state index in [0.29, 0.717) is 5.92 Å². The quantitative estimate of drug-likeness (QED) is 0.610. The summed E-state index contributed by atoms with van der Waals surface area (Å²) in [5, 5.41) is 11.4. The summed E-state index contributed by atoms with van der Waals surface area (Å²) < 4.78 is 0. The van der Waals surface area contributed by atoms with Crippen LogP contribution in [0.4, 0.5) is 5.82 Å². The average Bonchev–Trinajstić information content (AvgIpc) is 3.10. The monoisotopic (exact) mass is 374 g/mol. The summed E-state index contributed by atoms with van der Waals surface area (Å²) in [6, 6.07) is 11.8. The first kappa shape index (κ1) is 19.3. The third-order valence-electron chi connectivity index (χ3n) is 4.17. The fourth-order valence-corrected chi connectivity index (χ4v) is 2.59. The fourth-order valence-electron chi connectivity index (χ4n) is 2.46. The molecular formula is C19H23ClN4S. The van der Waals surface area contributed by atoms with Crippen LogP contribution >= 0.6 is 25.1 Å². The topological polar surface area (TPSA) is 53.6 Å². The van der Waals surface area contributed by atoms with Crippen LogP contribution < -0.4 is 5.32 Å². The predicted octanol–water partition coefficient (Wildman–Crippen LogP) is 5.36. The first-order chi connectivity index (χ1) is 11.7. The molecular weight excluding hydrogens is 352 g/mol. The van der Waals surface area contributed by atoms with E-state index in [4.69, 9.17) is 11.6 Å². The maximum absolute atomic E-state index is 5.98. The van der Waals surface area contributed by atoms with Gasteiger partial charge < -0.3 is 5.32 Å². The summed E-state index contributed by atoms with van der Waals surface area (Å²) in [7, 11) is 0. The van der Waals surface area contributed by atoms with Gasteiger partial charge in [0.1, 0.15) is 5.82 Å². The molecule has 1 aromatic carbocycles. The lowest BCUT2D eigenvalue weighted by atomic mass is 10.0. The lowest BCUT2D eigenvalue weighted by Crippen LogP contribution is -2.11. The van der Waals surface area contributed by atoms with E-state index in [1.54, 1.807) is 0 Å². The van der Waals surface area contributed by atoms with E-state index in [-0.39, 0.29) is 13.5 Å². The number of aromatic amines is 1. The van der Waals surface area contributed by atoms with E-state index >= 15 is 0 Å². The van der Waals surface area contributed by atoms with Gasteiger partial charge >= 0.3 is 0 Å². The third-order valence-corrected chi connectivity index (χ3v) is 4.42. The molecule has 6 heteroatoms. The van der Waals surface area contributed by atoms with Crippen LogP contribution in [0, 0.1) is 5.92 Å². The van der Waals surface area contributed by atoms with Crippen LogP contribution in [-0.4, -0.2) is 21.7 Å². The standard InChI is InChI=1S/C19H21ClN4.H2S/c1-3-13(2)11-22-18-10-15(8-9-21-18)17-12-23-24-19(17)14-4-6-16(20)7-5-14;/h4-10,12-13H,3,11H2,1-2H3,(H,21,22)(H,23,24);1H2. The van der Waals surface area contributed by atoms with Crippen molar-refractivity contribution in [1.82, 2.24) is 15.2 Å². The molecule has 0 aliphatic carbocycles. The molecule has 0 saturated heterocycles.